The van der Waals surface area contributed by atoms with Gasteiger partial charge in [0.2, 0.25) is 0 Å². The first-order valence-electron chi connectivity index (χ1n) is 6.77. The normalized spacial score (nSPS) is 18.7. The van der Waals surface area contributed by atoms with Crippen molar-refractivity contribution in [1.29, 1.82) is 0 Å². The van der Waals surface area contributed by atoms with Crippen LogP contribution in [0.4, 0.5) is 0 Å². The van der Waals surface area contributed by atoms with Gasteiger partial charge in [0, 0.05) is 19.3 Å². The Morgan fingerprint density at radius 1 is 1.53 bits per heavy atom. The third kappa shape index (κ3) is 3.44. The minimum absolute atomic E-state index is 0.0597. The Balaban J connectivity index is 1.96. The molecule has 0 amide bonds. The molecule has 2 rings (SSSR count). The quantitative estimate of drug-likeness (QED) is 0.327. The van der Waals surface area contributed by atoms with Crippen LogP contribution in [0.1, 0.15) is 43.9 Å². The lowest BCUT2D eigenvalue weighted by Crippen LogP contribution is -2.30. The summed E-state index contributed by atoms with van der Waals surface area (Å²) in [6.07, 6.45) is 6.90. The van der Waals surface area contributed by atoms with E-state index in [-0.39, 0.29) is 5.84 Å². The monoisotopic (exact) mass is 262 g/mol. The lowest BCUT2D eigenvalue weighted by molar-refractivity contribution is 0.314. The molecule has 1 aliphatic carbocycles. The predicted molar refractivity (Wildman–Crippen MR) is 75.0 cm³/mol. The highest BCUT2D eigenvalue weighted by molar-refractivity contribution is 5.96. The van der Waals surface area contributed by atoms with Gasteiger partial charge in [-0.2, -0.15) is 0 Å². The van der Waals surface area contributed by atoms with Crippen molar-refractivity contribution in [3.8, 4) is 0 Å². The second kappa shape index (κ2) is 6.02. The van der Waals surface area contributed by atoms with Crippen LogP contribution >= 0.6 is 0 Å². The summed E-state index contributed by atoms with van der Waals surface area (Å²) in [4.78, 5) is 4.16. The van der Waals surface area contributed by atoms with E-state index < -0.39 is 0 Å². The molecule has 0 aromatic carbocycles. The van der Waals surface area contributed by atoms with Crippen molar-refractivity contribution in [2.24, 2.45) is 16.3 Å². The Morgan fingerprint density at radius 2 is 2.26 bits per heavy atom. The van der Waals surface area contributed by atoms with Gasteiger partial charge in [0.15, 0.2) is 5.84 Å². The van der Waals surface area contributed by atoms with E-state index in [1.165, 1.54) is 25.7 Å². The molecule has 0 bridgehead atoms. The number of amidine groups is 1. The second-order valence-corrected chi connectivity index (χ2v) is 5.62. The molecule has 1 heterocycles. The smallest absolute Gasteiger partial charge is 0.189 e. The van der Waals surface area contributed by atoms with E-state index in [1.54, 1.807) is 6.20 Å². The average Bonchev–Trinajstić information content (AvgIpc) is 2.85. The van der Waals surface area contributed by atoms with E-state index in [1.807, 2.05) is 12.1 Å². The van der Waals surface area contributed by atoms with Crippen LogP contribution in [0.15, 0.2) is 23.5 Å². The SMILES string of the molecule is CC1(CNCc2cccnc2C(N)=NO)CCCC1. The summed E-state index contributed by atoms with van der Waals surface area (Å²) in [6.45, 7) is 4.02. The number of hydrogen-bond acceptors (Lipinski definition) is 4. The Hall–Kier alpha value is -1.62. The van der Waals surface area contributed by atoms with Crippen molar-refractivity contribution in [3.63, 3.8) is 0 Å². The molecule has 1 fully saturated rings. The van der Waals surface area contributed by atoms with Gasteiger partial charge in [-0.1, -0.05) is 31.0 Å². The molecule has 1 saturated carbocycles. The molecule has 0 saturated heterocycles. The molecule has 19 heavy (non-hydrogen) atoms. The molecule has 4 N–H and O–H groups in total. The van der Waals surface area contributed by atoms with Crippen molar-refractivity contribution < 1.29 is 5.21 Å². The average molecular weight is 262 g/mol. The Labute approximate surface area is 113 Å². The summed E-state index contributed by atoms with van der Waals surface area (Å²) in [5.41, 5.74) is 7.55. The summed E-state index contributed by atoms with van der Waals surface area (Å²) in [5.74, 6) is 0.0597. The maximum absolute atomic E-state index is 8.75. The van der Waals surface area contributed by atoms with Crippen LogP contribution in [-0.2, 0) is 6.54 Å². The maximum Gasteiger partial charge on any atom is 0.189 e. The van der Waals surface area contributed by atoms with Crippen LogP contribution in [-0.4, -0.2) is 22.6 Å². The molecule has 1 aromatic heterocycles. The van der Waals surface area contributed by atoms with Gasteiger partial charge in [0.1, 0.15) is 5.69 Å². The molecule has 1 aliphatic rings. The number of rotatable bonds is 5. The Bertz CT molecular complexity index is 453. The lowest BCUT2D eigenvalue weighted by atomic mass is 9.89. The van der Waals surface area contributed by atoms with Gasteiger partial charge in [-0.15, -0.1) is 0 Å². The van der Waals surface area contributed by atoms with Crippen LogP contribution < -0.4 is 11.1 Å². The fourth-order valence-electron chi connectivity index (χ4n) is 2.76. The van der Waals surface area contributed by atoms with Gasteiger partial charge in [-0.3, -0.25) is 4.98 Å². The molecule has 0 radical (unpaired) electrons. The molecular formula is C14H22N4O. The Kier molecular flexibility index (Phi) is 4.37. The van der Waals surface area contributed by atoms with Crippen molar-refractivity contribution in [2.45, 2.75) is 39.2 Å². The third-order valence-corrected chi connectivity index (χ3v) is 3.92. The van der Waals surface area contributed by atoms with E-state index >= 15 is 0 Å². The number of nitrogens with one attached hydrogen (secondary N) is 1. The lowest BCUT2D eigenvalue weighted by Gasteiger charge is -2.24. The second-order valence-electron chi connectivity index (χ2n) is 5.62. The fourth-order valence-corrected chi connectivity index (χ4v) is 2.76. The van der Waals surface area contributed by atoms with Crippen LogP contribution in [0.5, 0.6) is 0 Å². The number of aromatic nitrogens is 1. The van der Waals surface area contributed by atoms with Crippen LogP contribution in [0, 0.1) is 5.41 Å². The maximum atomic E-state index is 8.75. The first-order chi connectivity index (χ1) is 9.14. The minimum Gasteiger partial charge on any atom is -0.409 e. The molecule has 5 heteroatoms. The summed E-state index contributed by atoms with van der Waals surface area (Å²) < 4.78 is 0. The summed E-state index contributed by atoms with van der Waals surface area (Å²) >= 11 is 0. The van der Waals surface area contributed by atoms with Gasteiger partial charge >= 0.3 is 0 Å². The highest BCUT2D eigenvalue weighted by Crippen LogP contribution is 2.36. The van der Waals surface area contributed by atoms with Crippen molar-refractivity contribution in [3.05, 3.63) is 29.6 Å². The van der Waals surface area contributed by atoms with Crippen molar-refractivity contribution >= 4 is 5.84 Å². The van der Waals surface area contributed by atoms with Gasteiger partial charge in [-0.05, 0) is 29.9 Å². The topological polar surface area (TPSA) is 83.5 Å². The third-order valence-electron chi connectivity index (χ3n) is 3.92. The van der Waals surface area contributed by atoms with Gasteiger partial charge in [0.05, 0.1) is 0 Å². The van der Waals surface area contributed by atoms with E-state index in [4.69, 9.17) is 10.9 Å². The van der Waals surface area contributed by atoms with Crippen LogP contribution in [0.3, 0.4) is 0 Å². The van der Waals surface area contributed by atoms with Crippen molar-refractivity contribution in [1.82, 2.24) is 10.3 Å². The first-order valence-corrected chi connectivity index (χ1v) is 6.77. The number of nitrogens with two attached hydrogens (primary N) is 1. The molecule has 0 unspecified atom stereocenters. The summed E-state index contributed by atoms with van der Waals surface area (Å²) in [6, 6.07) is 3.81. The number of pyridine rings is 1. The zero-order chi connectivity index (χ0) is 13.7. The number of nitrogens with zero attached hydrogens (tertiary/aromatic N) is 2. The van der Waals surface area contributed by atoms with Crippen molar-refractivity contribution in [2.75, 3.05) is 6.54 Å². The van der Waals surface area contributed by atoms with Crippen LogP contribution in [0.2, 0.25) is 0 Å². The molecule has 104 valence electrons. The van der Waals surface area contributed by atoms with E-state index in [0.29, 0.717) is 17.7 Å². The number of oxime groups is 1. The zero-order valence-corrected chi connectivity index (χ0v) is 11.4. The predicted octanol–water partition coefficient (Wildman–Crippen LogP) is 1.85. The molecule has 0 atom stereocenters. The molecule has 5 nitrogen and oxygen atoms in total. The fraction of sp³-hybridized carbons (Fsp3) is 0.571. The first kappa shape index (κ1) is 13.8. The minimum atomic E-state index is 0.0597. The van der Waals surface area contributed by atoms with Gasteiger partial charge < -0.3 is 16.3 Å². The van der Waals surface area contributed by atoms with Crippen LogP contribution in [0.25, 0.3) is 0 Å². The van der Waals surface area contributed by atoms with Gasteiger partial charge in [0.25, 0.3) is 0 Å². The standard InChI is InChI=1S/C14H22N4O/c1-14(6-2-3-7-14)10-16-9-11-5-4-8-17-12(11)13(15)18-19/h4-5,8,16,19H,2-3,6-7,9-10H2,1H3,(H2,15,18). The largest absolute Gasteiger partial charge is 0.409 e. The molecule has 0 spiro atoms. The van der Waals surface area contributed by atoms with E-state index in [9.17, 15) is 0 Å². The summed E-state index contributed by atoms with van der Waals surface area (Å²) in [5, 5.41) is 15.2. The molecular weight excluding hydrogens is 240 g/mol. The highest BCUT2D eigenvalue weighted by Gasteiger charge is 2.27. The van der Waals surface area contributed by atoms with E-state index in [0.717, 1.165) is 12.1 Å². The molecule has 0 aliphatic heterocycles. The zero-order valence-electron chi connectivity index (χ0n) is 11.4. The van der Waals surface area contributed by atoms with Gasteiger partial charge in [-0.25, -0.2) is 0 Å². The summed E-state index contributed by atoms with van der Waals surface area (Å²) in [7, 11) is 0. The highest BCUT2D eigenvalue weighted by atomic mass is 16.4. The molecule has 1 aromatic rings. The number of hydrogen-bond donors (Lipinski definition) is 3. The Morgan fingerprint density at radius 3 is 2.95 bits per heavy atom. The van der Waals surface area contributed by atoms with E-state index in [2.05, 4.69) is 22.4 Å².